The fraction of sp³-hybridized carbons (Fsp3) is 0.258. The van der Waals surface area contributed by atoms with Crippen molar-refractivity contribution < 1.29 is 19.1 Å². The van der Waals surface area contributed by atoms with Gasteiger partial charge in [-0.2, -0.15) is 4.68 Å². The largest absolute Gasteiger partial charge is 0.494 e. The minimum absolute atomic E-state index is 0.313. The molecule has 0 N–H and O–H groups in total. The lowest BCUT2D eigenvalue weighted by molar-refractivity contribution is -0.122. The maximum Gasteiger partial charge on any atom is 0.272 e. The number of fused-ring (bicyclic) bond motifs is 6. The third kappa shape index (κ3) is 3.57. The van der Waals surface area contributed by atoms with Crippen LogP contribution in [0, 0.1) is 11.8 Å². The Morgan fingerprint density at radius 3 is 2.50 bits per heavy atom. The molecular weight excluding hydrogens is 506 g/mol. The van der Waals surface area contributed by atoms with Gasteiger partial charge in [-0.15, -0.1) is 5.10 Å². The number of ether oxygens (including phenoxy) is 1. The summed E-state index contributed by atoms with van der Waals surface area (Å²) in [6.07, 6.45) is 5.87. The smallest absolute Gasteiger partial charge is 0.272 e. The average molecular weight is 534 g/mol. The highest BCUT2D eigenvalue weighted by atomic mass is 16.5. The fourth-order valence-corrected chi connectivity index (χ4v) is 6.23. The van der Waals surface area contributed by atoms with E-state index in [2.05, 4.69) is 17.2 Å². The third-order valence-electron chi connectivity index (χ3n) is 8.09. The van der Waals surface area contributed by atoms with Crippen LogP contribution in [-0.4, -0.2) is 51.4 Å². The Kier molecular flexibility index (Phi) is 5.73. The molecule has 0 spiro atoms. The van der Waals surface area contributed by atoms with Crippen LogP contribution in [0.25, 0.3) is 17.1 Å². The van der Waals surface area contributed by atoms with Crippen molar-refractivity contribution in [1.29, 1.82) is 0 Å². The first-order chi connectivity index (χ1) is 19.6. The molecule has 0 saturated carbocycles. The molecule has 4 unspecified atom stereocenters. The van der Waals surface area contributed by atoms with Gasteiger partial charge in [-0.25, -0.2) is 4.90 Å². The summed E-state index contributed by atoms with van der Waals surface area (Å²) in [6.45, 7) is 2.70. The van der Waals surface area contributed by atoms with Crippen molar-refractivity contribution in [2.75, 3.05) is 16.4 Å². The highest BCUT2D eigenvalue weighted by Crippen LogP contribution is 2.49. The minimum atomic E-state index is -0.940. The minimum Gasteiger partial charge on any atom is -0.494 e. The van der Waals surface area contributed by atoms with E-state index >= 15 is 0 Å². The lowest BCUT2D eigenvalue weighted by Gasteiger charge is -2.36. The number of hydrogen-bond donors (Lipinski definition) is 0. The molecular formula is C31H27N5O4. The predicted octanol–water partition coefficient (Wildman–Crippen LogP) is 4.34. The Morgan fingerprint density at radius 2 is 1.68 bits per heavy atom. The van der Waals surface area contributed by atoms with Gasteiger partial charge in [0.1, 0.15) is 17.3 Å². The summed E-state index contributed by atoms with van der Waals surface area (Å²) >= 11 is 0. The average Bonchev–Trinajstić information content (AvgIpc) is 3.64. The second-order valence-corrected chi connectivity index (χ2v) is 10.3. The van der Waals surface area contributed by atoms with Gasteiger partial charge in [0.2, 0.25) is 11.8 Å². The van der Waals surface area contributed by atoms with Crippen molar-refractivity contribution in [2.24, 2.45) is 11.8 Å². The van der Waals surface area contributed by atoms with E-state index in [0.717, 1.165) is 24.1 Å². The van der Waals surface area contributed by atoms with Crippen LogP contribution in [0.5, 0.6) is 5.75 Å². The third-order valence-corrected chi connectivity index (χ3v) is 8.09. The molecule has 9 heteroatoms. The zero-order valence-electron chi connectivity index (χ0n) is 21.9. The molecule has 0 bridgehead atoms. The zero-order valence-corrected chi connectivity index (χ0v) is 21.9. The summed E-state index contributed by atoms with van der Waals surface area (Å²) in [6, 6.07) is 20.5. The quantitative estimate of drug-likeness (QED) is 0.269. The molecule has 3 aliphatic heterocycles. The molecule has 4 heterocycles. The topological polar surface area (TPSA) is 97.6 Å². The first-order valence-corrected chi connectivity index (χ1v) is 13.6. The monoisotopic (exact) mass is 533 g/mol. The number of imide groups is 1. The highest BCUT2D eigenvalue weighted by Gasteiger charge is 2.64. The normalized spacial score (nSPS) is 22.9. The van der Waals surface area contributed by atoms with E-state index in [1.54, 1.807) is 36.4 Å². The van der Waals surface area contributed by atoms with Gasteiger partial charge >= 0.3 is 0 Å². The number of aromatic nitrogens is 3. The Morgan fingerprint density at radius 1 is 0.925 bits per heavy atom. The van der Waals surface area contributed by atoms with Crippen LogP contribution in [0.15, 0.2) is 78.9 Å². The number of carbonyl (C=O) groups is 3. The predicted molar refractivity (Wildman–Crippen MR) is 150 cm³/mol. The molecule has 2 saturated heterocycles. The number of unbranched alkanes of at least 4 members (excludes halogenated alkanes) is 1. The molecule has 0 aliphatic carbocycles. The van der Waals surface area contributed by atoms with Crippen molar-refractivity contribution in [3.05, 3.63) is 84.4 Å². The van der Waals surface area contributed by atoms with Gasteiger partial charge in [-0.3, -0.25) is 14.4 Å². The molecule has 200 valence electrons. The number of amides is 2. The SMILES string of the molecule is CCCCOc1ccc(N2C(=O)C3C(C2=O)C(C(=O)n2nnc4ccccc42)N2c4ccccc4C=CC32)cc1. The summed E-state index contributed by atoms with van der Waals surface area (Å²) in [4.78, 5) is 45.6. The summed E-state index contributed by atoms with van der Waals surface area (Å²) in [5.74, 6) is -2.02. The molecule has 4 aromatic rings. The van der Waals surface area contributed by atoms with E-state index < -0.39 is 29.8 Å². The molecule has 3 aliphatic rings. The number of benzene rings is 3. The van der Waals surface area contributed by atoms with Gasteiger partial charge < -0.3 is 9.64 Å². The van der Waals surface area contributed by atoms with Crippen LogP contribution < -0.4 is 14.5 Å². The lowest BCUT2D eigenvalue weighted by Crippen LogP contribution is -2.50. The van der Waals surface area contributed by atoms with Crippen LogP contribution in [0.4, 0.5) is 11.4 Å². The van der Waals surface area contributed by atoms with Crippen molar-refractivity contribution >= 4 is 46.2 Å². The second kappa shape index (κ2) is 9.44. The van der Waals surface area contributed by atoms with Crippen LogP contribution in [0.2, 0.25) is 0 Å². The molecule has 9 nitrogen and oxygen atoms in total. The van der Waals surface area contributed by atoms with Gasteiger partial charge in [0, 0.05) is 5.69 Å². The number of hydrogen-bond acceptors (Lipinski definition) is 7. The van der Waals surface area contributed by atoms with Crippen LogP contribution in [-0.2, 0) is 9.59 Å². The van der Waals surface area contributed by atoms with Crippen molar-refractivity contribution in [3.63, 3.8) is 0 Å². The highest BCUT2D eigenvalue weighted by molar-refractivity contribution is 6.25. The Labute approximate surface area is 230 Å². The maximum atomic E-state index is 14.3. The summed E-state index contributed by atoms with van der Waals surface area (Å²) in [5.41, 5.74) is 3.35. The molecule has 40 heavy (non-hydrogen) atoms. The fourth-order valence-electron chi connectivity index (χ4n) is 6.23. The molecule has 1 aromatic heterocycles. The lowest BCUT2D eigenvalue weighted by atomic mass is 9.88. The number of para-hydroxylation sites is 2. The first kappa shape index (κ1) is 24.3. The summed E-state index contributed by atoms with van der Waals surface area (Å²) in [7, 11) is 0. The van der Waals surface area contributed by atoms with Gasteiger partial charge in [0.15, 0.2) is 0 Å². The number of nitrogens with zero attached hydrogens (tertiary/aromatic N) is 5. The number of rotatable bonds is 6. The molecule has 4 atom stereocenters. The van der Waals surface area contributed by atoms with Gasteiger partial charge in [0.25, 0.3) is 5.91 Å². The summed E-state index contributed by atoms with van der Waals surface area (Å²) in [5, 5.41) is 8.32. The van der Waals surface area contributed by atoms with Gasteiger partial charge in [-0.05, 0) is 54.4 Å². The van der Waals surface area contributed by atoms with E-state index in [1.807, 2.05) is 53.5 Å². The second-order valence-electron chi connectivity index (χ2n) is 10.3. The molecule has 2 fully saturated rings. The standard InChI is InChI=1S/C31H27N5O4/c1-2-3-18-40-21-15-13-20(14-16-21)34-29(37)26-25-17-12-19-8-4-6-10-23(19)35(25)28(27(26)30(34)38)31(39)36-24-11-7-5-9-22(24)32-33-36/h4-17,25-28H,2-3,18H2,1H3. The molecule has 7 rings (SSSR count). The van der Waals surface area contributed by atoms with Crippen LogP contribution >= 0.6 is 0 Å². The van der Waals surface area contributed by atoms with E-state index in [0.29, 0.717) is 29.1 Å². The van der Waals surface area contributed by atoms with E-state index in [-0.39, 0.29) is 11.8 Å². The van der Waals surface area contributed by atoms with Crippen molar-refractivity contribution in [2.45, 2.75) is 31.8 Å². The van der Waals surface area contributed by atoms with E-state index in [4.69, 9.17) is 4.74 Å². The van der Waals surface area contributed by atoms with Crippen LogP contribution in [0.1, 0.15) is 30.1 Å². The Bertz CT molecular complexity index is 1680. The number of anilines is 2. The van der Waals surface area contributed by atoms with E-state index in [1.165, 1.54) is 9.58 Å². The van der Waals surface area contributed by atoms with Crippen molar-refractivity contribution in [3.8, 4) is 5.75 Å². The Hall–Kier alpha value is -4.79. The zero-order chi connectivity index (χ0) is 27.4. The van der Waals surface area contributed by atoms with E-state index in [9.17, 15) is 14.4 Å². The number of carbonyl (C=O) groups excluding carboxylic acids is 3. The molecule has 2 amide bonds. The Balaban J connectivity index is 1.29. The van der Waals surface area contributed by atoms with Gasteiger partial charge in [-0.1, -0.05) is 61.0 Å². The first-order valence-electron chi connectivity index (χ1n) is 13.6. The maximum absolute atomic E-state index is 14.3. The molecule has 0 radical (unpaired) electrons. The molecule has 3 aromatic carbocycles. The van der Waals surface area contributed by atoms with Crippen LogP contribution in [0.3, 0.4) is 0 Å². The van der Waals surface area contributed by atoms with Crippen molar-refractivity contribution in [1.82, 2.24) is 15.0 Å². The summed E-state index contributed by atoms with van der Waals surface area (Å²) < 4.78 is 7.02. The van der Waals surface area contributed by atoms with Gasteiger partial charge in [0.05, 0.1) is 35.7 Å².